The van der Waals surface area contributed by atoms with Crippen molar-refractivity contribution in [3.05, 3.63) is 42.0 Å². The summed E-state index contributed by atoms with van der Waals surface area (Å²) in [5.41, 5.74) is 1.41. The van der Waals surface area contributed by atoms with Crippen LogP contribution < -0.4 is 19.7 Å². The van der Waals surface area contributed by atoms with Crippen LogP contribution >= 0.6 is 11.8 Å². The summed E-state index contributed by atoms with van der Waals surface area (Å²) >= 11 is 1.17. The minimum atomic E-state index is -3.46. The number of amides is 1. The van der Waals surface area contributed by atoms with Crippen LogP contribution in [0.1, 0.15) is 10.4 Å². The number of methoxy groups -OCH3 is 2. The maximum Gasteiger partial charge on any atom is 0.338 e. The molecule has 2 aliphatic heterocycles. The van der Waals surface area contributed by atoms with Crippen LogP contribution in [0.2, 0.25) is 0 Å². The number of carbonyl (C=O) groups excluding carboxylic acids is 2. The van der Waals surface area contributed by atoms with Crippen LogP contribution in [0.3, 0.4) is 0 Å². The van der Waals surface area contributed by atoms with E-state index in [0.717, 1.165) is 5.69 Å². The molecule has 1 amide bonds. The Morgan fingerprint density at radius 3 is 2.72 bits per heavy atom. The topological polar surface area (TPSA) is 124 Å². The van der Waals surface area contributed by atoms with E-state index in [9.17, 15) is 18.0 Å². The van der Waals surface area contributed by atoms with E-state index < -0.39 is 28.5 Å². The molecule has 4 rings (SSSR count). The molecule has 2 aromatic carbocycles. The van der Waals surface area contributed by atoms with E-state index in [1.807, 2.05) is 0 Å². The summed E-state index contributed by atoms with van der Waals surface area (Å²) in [6.45, 7) is -0.195. The summed E-state index contributed by atoms with van der Waals surface area (Å²) < 4.78 is 42.7. The van der Waals surface area contributed by atoms with Crippen molar-refractivity contribution in [2.24, 2.45) is 4.40 Å². The van der Waals surface area contributed by atoms with Gasteiger partial charge in [0.2, 0.25) is 0 Å². The molecule has 0 saturated heterocycles. The number of carbonyl (C=O) groups is 2. The maximum atomic E-state index is 12.4. The molecule has 0 atom stereocenters. The molecule has 0 aliphatic carbocycles. The lowest BCUT2D eigenvalue weighted by molar-refractivity contribution is -0.119. The Kier molecular flexibility index (Phi) is 5.98. The number of esters is 1. The van der Waals surface area contributed by atoms with Crippen molar-refractivity contribution in [2.75, 3.05) is 43.3 Å². The first-order valence-electron chi connectivity index (χ1n) is 9.41. The number of ether oxygens (including phenoxy) is 3. The molecule has 0 spiro atoms. The highest BCUT2D eigenvalue weighted by Crippen LogP contribution is 2.42. The van der Waals surface area contributed by atoms with Crippen molar-refractivity contribution in [3.63, 3.8) is 0 Å². The van der Waals surface area contributed by atoms with Crippen LogP contribution in [-0.2, 0) is 19.6 Å². The third-order valence-electron chi connectivity index (χ3n) is 4.72. The molecule has 10 nitrogen and oxygen atoms in total. The molecule has 0 saturated carbocycles. The molecule has 168 valence electrons. The largest absolute Gasteiger partial charge is 0.497 e. The van der Waals surface area contributed by atoms with Crippen LogP contribution in [0.4, 0.5) is 11.4 Å². The number of nitrogens with zero attached hydrogens (tertiary/aromatic N) is 2. The van der Waals surface area contributed by atoms with Gasteiger partial charge in [-0.1, -0.05) is 0 Å². The lowest BCUT2D eigenvalue weighted by atomic mass is 10.2. The van der Waals surface area contributed by atoms with Gasteiger partial charge in [0, 0.05) is 17.5 Å². The van der Waals surface area contributed by atoms with Crippen LogP contribution in [-0.4, -0.2) is 58.6 Å². The van der Waals surface area contributed by atoms with Crippen LogP contribution in [0.15, 0.2) is 45.7 Å². The molecule has 0 fully saturated rings. The zero-order valence-corrected chi connectivity index (χ0v) is 18.8. The van der Waals surface area contributed by atoms with E-state index in [4.69, 9.17) is 14.2 Å². The predicted molar refractivity (Wildman–Crippen MR) is 119 cm³/mol. The first-order valence-corrected chi connectivity index (χ1v) is 11.8. The van der Waals surface area contributed by atoms with Crippen molar-refractivity contribution < 1.29 is 32.2 Å². The van der Waals surface area contributed by atoms with Gasteiger partial charge >= 0.3 is 5.97 Å². The SMILES string of the molecule is COc1ccc(OC)c(NC(=O)COC(=O)c2ccc3c(c2)SC2=NS(=O)(=O)CCN23)c1. The van der Waals surface area contributed by atoms with E-state index in [1.165, 1.54) is 26.0 Å². The van der Waals surface area contributed by atoms with Gasteiger partial charge in [-0.15, -0.1) is 4.40 Å². The molecule has 32 heavy (non-hydrogen) atoms. The number of sulfonamides is 1. The van der Waals surface area contributed by atoms with Gasteiger partial charge in [-0.2, -0.15) is 0 Å². The summed E-state index contributed by atoms with van der Waals surface area (Å²) in [6.07, 6.45) is 0. The summed E-state index contributed by atoms with van der Waals surface area (Å²) in [5.74, 6) is -0.323. The van der Waals surface area contributed by atoms with Crippen molar-refractivity contribution in [3.8, 4) is 11.5 Å². The minimum absolute atomic E-state index is 0.0620. The lowest BCUT2D eigenvalue weighted by Gasteiger charge is -2.22. The molecule has 0 radical (unpaired) electrons. The fourth-order valence-electron chi connectivity index (χ4n) is 3.17. The minimum Gasteiger partial charge on any atom is -0.497 e. The van der Waals surface area contributed by atoms with E-state index in [2.05, 4.69) is 9.71 Å². The van der Waals surface area contributed by atoms with Crippen LogP contribution in [0.5, 0.6) is 11.5 Å². The molecule has 1 N–H and O–H groups in total. The van der Waals surface area contributed by atoms with E-state index >= 15 is 0 Å². The number of fused-ring (bicyclic) bond motifs is 3. The summed E-state index contributed by atoms with van der Waals surface area (Å²) in [6, 6.07) is 9.80. The van der Waals surface area contributed by atoms with Crippen molar-refractivity contribution in [1.29, 1.82) is 0 Å². The zero-order chi connectivity index (χ0) is 22.9. The maximum absolute atomic E-state index is 12.4. The molecule has 2 aromatic rings. The van der Waals surface area contributed by atoms with Crippen molar-refractivity contribution in [2.45, 2.75) is 4.90 Å². The summed E-state index contributed by atoms with van der Waals surface area (Å²) in [5, 5.41) is 2.99. The van der Waals surface area contributed by atoms with Crippen LogP contribution in [0, 0.1) is 0 Å². The van der Waals surface area contributed by atoms with E-state index in [-0.39, 0.29) is 11.3 Å². The van der Waals surface area contributed by atoms with Gasteiger partial charge < -0.3 is 24.4 Å². The molecule has 2 heterocycles. The van der Waals surface area contributed by atoms with Gasteiger partial charge in [-0.25, -0.2) is 13.2 Å². The fraction of sp³-hybridized carbons (Fsp3) is 0.250. The van der Waals surface area contributed by atoms with Gasteiger partial charge in [0.25, 0.3) is 15.9 Å². The quantitative estimate of drug-likeness (QED) is 0.623. The number of hydrogen-bond donors (Lipinski definition) is 1. The number of nitrogens with one attached hydrogen (secondary N) is 1. The second kappa shape index (κ2) is 8.71. The third kappa shape index (κ3) is 4.50. The lowest BCUT2D eigenvalue weighted by Crippen LogP contribution is -2.35. The Bertz CT molecular complexity index is 1230. The molecule has 12 heteroatoms. The van der Waals surface area contributed by atoms with Crippen molar-refractivity contribution >= 4 is 50.2 Å². The van der Waals surface area contributed by atoms with Crippen LogP contribution in [0.25, 0.3) is 0 Å². The monoisotopic (exact) mass is 477 g/mol. The average molecular weight is 478 g/mol. The first kappa shape index (κ1) is 22.0. The molecule has 2 aliphatic rings. The number of rotatable bonds is 6. The number of amidine groups is 1. The van der Waals surface area contributed by atoms with E-state index in [1.54, 1.807) is 41.3 Å². The Labute approximate surface area is 188 Å². The highest BCUT2D eigenvalue weighted by Gasteiger charge is 2.33. The number of anilines is 2. The molecule has 0 aromatic heterocycles. The molecule has 0 bridgehead atoms. The second-order valence-corrected chi connectivity index (χ2v) is 9.55. The summed E-state index contributed by atoms with van der Waals surface area (Å²) in [7, 11) is -0.491. The second-order valence-electron chi connectivity index (χ2n) is 6.79. The van der Waals surface area contributed by atoms with E-state index in [0.29, 0.717) is 33.8 Å². The summed E-state index contributed by atoms with van der Waals surface area (Å²) in [4.78, 5) is 27.2. The van der Waals surface area contributed by atoms with Gasteiger partial charge in [0.15, 0.2) is 11.8 Å². The number of hydrogen-bond acceptors (Lipinski definition) is 9. The fourth-order valence-corrected chi connectivity index (χ4v) is 5.47. The Hall–Kier alpha value is -3.25. The zero-order valence-electron chi connectivity index (χ0n) is 17.2. The highest BCUT2D eigenvalue weighted by molar-refractivity contribution is 8.15. The Balaban J connectivity index is 1.40. The average Bonchev–Trinajstić information content (AvgIpc) is 3.12. The van der Waals surface area contributed by atoms with Crippen molar-refractivity contribution in [1.82, 2.24) is 0 Å². The predicted octanol–water partition coefficient (Wildman–Crippen LogP) is 2.11. The normalized spacial score (nSPS) is 15.8. The Morgan fingerprint density at radius 1 is 1.16 bits per heavy atom. The third-order valence-corrected chi connectivity index (χ3v) is 7.03. The molecular weight excluding hydrogens is 458 g/mol. The smallest absolute Gasteiger partial charge is 0.338 e. The number of thioether (sulfide) groups is 1. The number of benzene rings is 2. The van der Waals surface area contributed by atoms with Gasteiger partial charge in [-0.3, -0.25) is 4.79 Å². The Morgan fingerprint density at radius 2 is 1.97 bits per heavy atom. The van der Waals surface area contributed by atoms with Gasteiger partial charge in [-0.05, 0) is 42.1 Å². The standard InChI is InChI=1S/C20H19N3O7S2/c1-28-13-4-6-16(29-2)14(10-13)21-18(24)11-30-19(25)12-3-5-15-17(9-12)31-20-22-32(26,27)8-7-23(15)20/h3-6,9-10H,7-8,11H2,1-2H3,(H,21,24). The first-order chi connectivity index (χ1) is 15.3. The highest BCUT2D eigenvalue weighted by atomic mass is 32.2. The van der Waals surface area contributed by atoms with Gasteiger partial charge in [0.1, 0.15) is 11.5 Å². The molecular formula is C20H19N3O7S2. The van der Waals surface area contributed by atoms with Gasteiger partial charge in [0.05, 0.1) is 36.9 Å². The molecule has 0 unspecified atom stereocenters.